The van der Waals surface area contributed by atoms with Gasteiger partial charge in [-0.1, -0.05) is 58.6 Å². The Labute approximate surface area is 141 Å². The molecule has 1 atom stereocenters. The maximum absolute atomic E-state index is 6.26. The van der Waals surface area contributed by atoms with E-state index in [1.807, 2.05) is 6.92 Å². The summed E-state index contributed by atoms with van der Waals surface area (Å²) < 4.78 is 0. The fourth-order valence-electron chi connectivity index (χ4n) is 2.32. The fourth-order valence-corrected chi connectivity index (χ4v) is 3.47. The summed E-state index contributed by atoms with van der Waals surface area (Å²) in [7, 11) is 0. The first-order chi connectivity index (χ1) is 9.88. The van der Waals surface area contributed by atoms with Crippen LogP contribution in [0.25, 0.3) is 0 Å². The summed E-state index contributed by atoms with van der Waals surface area (Å²) in [6.45, 7) is 7.03. The minimum Gasteiger partial charge on any atom is -0.306 e. The Balaban J connectivity index is 2.15. The summed E-state index contributed by atoms with van der Waals surface area (Å²) in [6, 6.07) is 9.94. The molecule has 112 valence electrons. The van der Waals surface area contributed by atoms with Gasteiger partial charge in [0.1, 0.15) is 0 Å². The molecule has 0 fully saturated rings. The highest BCUT2D eigenvalue weighted by Gasteiger charge is 2.15. The quantitative estimate of drug-likeness (QED) is 0.706. The van der Waals surface area contributed by atoms with E-state index in [0.29, 0.717) is 15.1 Å². The van der Waals surface area contributed by atoms with Gasteiger partial charge in [-0.25, -0.2) is 0 Å². The van der Waals surface area contributed by atoms with Crippen LogP contribution in [0.3, 0.4) is 0 Å². The van der Waals surface area contributed by atoms with Crippen molar-refractivity contribution in [2.24, 2.45) is 0 Å². The molecule has 0 heterocycles. The predicted molar refractivity (Wildman–Crippen MR) is 92.6 cm³/mol. The van der Waals surface area contributed by atoms with Gasteiger partial charge in [-0.2, -0.15) is 0 Å². The summed E-state index contributed by atoms with van der Waals surface area (Å²) >= 11 is 18.5. The lowest BCUT2D eigenvalue weighted by Crippen LogP contribution is -2.19. The van der Waals surface area contributed by atoms with Crippen molar-refractivity contribution >= 4 is 34.8 Å². The van der Waals surface area contributed by atoms with E-state index in [-0.39, 0.29) is 6.04 Å². The molecule has 4 heteroatoms. The topological polar surface area (TPSA) is 12.0 Å². The number of benzene rings is 2. The van der Waals surface area contributed by atoms with Crippen LogP contribution in [0, 0.1) is 13.8 Å². The van der Waals surface area contributed by atoms with Crippen molar-refractivity contribution in [2.75, 3.05) is 0 Å². The summed E-state index contributed by atoms with van der Waals surface area (Å²) in [5.41, 5.74) is 4.69. The Bertz CT molecular complexity index is 629. The van der Waals surface area contributed by atoms with Gasteiger partial charge in [-0.05, 0) is 44.0 Å². The molecule has 0 amide bonds. The van der Waals surface area contributed by atoms with Gasteiger partial charge in [0, 0.05) is 33.2 Å². The monoisotopic (exact) mass is 341 g/mol. The van der Waals surface area contributed by atoms with E-state index in [0.717, 1.165) is 12.1 Å². The molecular formula is C17H18Cl3N. The molecule has 1 N–H and O–H groups in total. The van der Waals surface area contributed by atoms with Crippen molar-refractivity contribution in [1.82, 2.24) is 5.32 Å². The van der Waals surface area contributed by atoms with Crippen molar-refractivity contribution in [3.05, 3.63) is 67.7 Å². The summed E-state index contributed by atoms with van der Waals surface area (Å²) in [5.74, 6) is 0. The fraction of sp³-hybridized carbons (Fsp3) is 0.294. The number of aryl methyl sites for hydroxylation is 2. The predicted octanol–water partition coefficient (Wildman–Crippen LogP) is 6.11. The van der Waals surface area contributed by atoms with E-state index >= 15 is 0 Å². The second kappa shape index (κ2) is 7.02. The summed E-state index contributed by atoms with van der Waals surface area (Å²) in [5, 5.41) is 5.21. The van der Waals surface area contributed by atoms with Crippen molar-refractivity contribution in [2.45, 2.75) is 33.4 Å². The van der Waals surface area contributed by atoms with Gasteiger partial charge in [0.25, 0.3) is 0 Å². The Morgan fingerprint density at radius 1 is 1.00 bits per heavy atom. The number of halogens is 3. The molecule has 0 aliphatic carbocycles. The maximum Gasteiger partial charge on any atom is 0.0483 e. The molecule has 0 spiro atoms. The number of hydrogen-bond acceptors (Lipinski definition) is 1. The Kier molecular flexibility index (Phi) is 5.56. The van der Waals surface area contributed by atoms with Crippen LogP contribution in [-0.2, 0) is 6.54 Å². The molecule has 0 aliphatic rings. The average Bonchev–Trinajstić information content (AvgIpc) is 2.38. The van der Waals surface area contributed by atoms with Gasteiger partial charge in [0.05, 0.1) is 0 Å². The lowest BCUT2D eigenvalue weighted by Gasteiger charge is -2.18. The van der Waals surface area contributed by atoms with Crippen molar-refractivity contribution in [3.8, 4) is 0 Å². The maximum atomic E-state index is 6.26. The molecule has 2 rings (SSSR count). The molecule has 0 bridgehead atoms. The van der Waals surface area contributed by atoms with Crippen LogP contribution in [0.2, 0.25) is 15.1 Å². The van der Waals surface area contributed by atoms with Crippen LogP contribution in [0.5, 0.6) is 0 Å². The second-order valence-electron chi connectivity index (χ2n) is 5.32. The van der Waals surface area contributed by atoms with Crippen LogP contribution in [-0.4, -0.2) is 0 Å². The van der Waals surface area contributed by atoms with E-state index in [1.54, 1.807) is 12.1 Å². The van der Waals surface area contributed by atoms with Gasteiger partial charge >= 0.3 is 0 Å². The number of hydrogen-bond donors (Lipinski definition) is 1. The van der Waals surface area contributed by atoms with Crippen molar-refractivity contribution < 1.29 is 0 Å². The molecule has 0 aromatic heterocycles. The van der Waals surface area contributed by atoms with Crippen LogP contribution in [0.1, 0.15) is 35.2 Å². The third kappa shape index (κ3) is 4.14. The van der Waals surface area contributed by atoms with E-state index in [4.69, 9.17) is 34.8 Å². The Morgan fingerprint density at radius 2 is 1.62 bits per heavy atom. The minimum absolute atomic E-state index is 0.0437. The zero-order chi connectivity index (χ0) is 15.6. The highest BCUT2D eigenvalue weighted by atomic mass is 35.5. The number of rotatable bonds is 4. The van der Waals surface area contributed by atoms with Crippen molar-refractivity contribution in [1.29, 1.82) is 0 Å². The number of nitrogens with one attached hydrogen (secondary N) is 1. The van der Waals surface area contributed by atoms with Crippen LogP contribution >= 0.6 is 34.8 Å². The van der Waals surface area contributed by atoms with Crippen LogP contribution in [0.4, 0.5) is 0 Å². The third-order valence-corrected chi connectivity index (χ3v) is 4.42. The molecule has 21 heavy (non-hydrogen) atoms. The first kappa shape index (κ1) is 16.6. The molecule has 0 radical (unpaired) electrons. The molecule has 2 aromatic rings. The first-order valence-corrected chi connectivity index (χ1v) is 7.96. The van der Waals surface area contributed by atoms with Crippen molar-refractivity contribution in [3.63, 3.8) is 0 Å². The molecule has 0 saturated carbocycles. The minimum atomic E-state index is 0.0437. The molecule has 2 aromatic carbocycles. The largest absolute Gasteiger partial charge is 0.306 e. The van der Waals surface area contributed by atoms with E-state index in [2.05, 4.69) is 37.4 Å². The summed E-state index contributed by atoms with van der Waals surface area (Å²) in [4.78, 5) is 0. The second-order valence-corrected chi connectivity index (χ2v) is 6.57. The van der Waals surface area contributed by atoms with Gasteiger partial charge in [-0.15, -0.1) is 0 Å². The summed E-state index contributed by atoms with van der Waals surface area (Å²) in [6.07, 6.45) is 0. The third-order valence-electron chi connectivity index (χ3n) is 3.58. The SMILES string of the molecule is Cc1ccc(C)c(CNC(C)c2c(Cl)cc(Cl)cc2Cl)c1. The normalized spacial score (nSPS) is 12.5. The highest BCUT2D eigenvalue weighted by Crippen LogP contribution is 2.33. The standard InChI is InChI=1S/C17H18Cl3N/c1-10-4-5-11(2)13(6-10)9-21-12(3)17-15(19)7-14(18)8-16(17)20/h4-8,12,21H,9H2,1-3H3. The van der Waals surface area contributed by atoms with Crippen LogP contribution in [0.15, 0.2) is 30.3 Å². The lowest BCUT2D eigenvalue weighted by atomic mass is 10.0. The molecule has 1 nitrogen and oxygen atoms in total. The highest BCUT2D eigenvalue weighted by molar-refractivity contribution is 6.39. The first-order valence-electron chi connectivity index (χ1n) is 6.82. The Morgan fingerprint density at radius 3 is 2.24 bits per heavy atom. The zero-order valence-electron chi connectivity index (χ0n) is 12.3. The molecule has 0 aliphatic heterocycles. The van der Waals surface area contributed by atoms with Crippen LogP contribution < -0.4 is 5.32 Å². The average molecular weight is 343 g/mol. The van der Waals surface area contributed by atoms with Gasteiger partial charge in [0.15, 0.2) is 0 Å². The van der Waals surface area contributed by atoms with Gasteiger partial charge in [0.2, 0.25) is 0 Å². The van der Waals surface area contributed by atoms with E-state index < -0.39 is 0 Å². The molecule has 0 saturated heterocycles. The molecular weight excluding hydrogens is 325 g/mol. The molecule has 1 unspecified atom stereocenters. The van der Waals surface area contributed by atoms with Gasteiger partial charge in [-0.3, -0.25) is 0 Å². The lowest BCUT2D eigenvalue weighted by molar-refractivity contribution is 0.573. The zero-order valence-corrected chi connectivity index (χ0v) is 14.6. The van der Waals surface area contributed by atoms with E-state index in [9.17, 15) is 0 Å². The smallest absolute Gasteiger partial charge is 0.0483 e. The van der Waals surface area contributed by atoms with E-state index in [1.165, 1.54) is 16.7 Å². The van der Waals surface area contributed by atoms with Gasteiger partial charge < -0.3 is 5.32 Å². The Hall–Kier alpha value is -0.730.